The van der Waals surface area contributed by atoms with Crippen molar-refractivity contribution in [3.63, 3.8) is 0 Å². The molecule has 0 radical (unpaired) electrons. The summed E-state index contributed by atoms with van der Waals surface area (Å²) in [7, 11) is 0.611. The van der Waals surface area contributed by atoms with Crippen LogP contribution in [0.25, 0.3) is 0 Å². The molecule has 22 valence electrons. The maximum absolute atomic E-state index is 8.39. The molecule has 0 saturated carbocycles. The van der Waals surface area contributed by atoms with Crippen molar-refractivity contribution < 1.29 is 45.2 Å². The SMILES string of the molecule is O=[SiH2].[O]=[Ce]. The molecule has 0 N–H and O–H groups in total. The van der Waals surface area contributed by atoms with Gasteiger partial charge in [-0.3, -0.25) is 0 Å². The Morgan fingerprint density at radius 3 is 1.25 bits per heavy atom. The third kappa shape index (κ3) is 10.8. The molecule has 0 aromatic carbocycles. The molecule has 0 atom stereocenters. The number of hydrogen-bond acceptors (Lipinski definition) is 2. The fourth-order valence-corrected chi connectivity index (χ4v) is 0. The van der Waals surface area contributed by atoms with Crippen molar-refractivity contribution in [3.8, 4) is 0 Å². The molecule has 0 aliphatic rings. The second-order valence-electron chi connectivity index (χ2n) is 0. The molecule has 4 heteroatoms. The third-order valence-corrected chi connectivity index (χ3v) is 0. The summed E-state index contributed by atoms with van der Waals surface area (Å²) in [4.78, 5) is 0. The van der Waals surface area contributed by atoms with Crippen LogP contribution in [0.4, 0.5) is 0 Å². The molecule has 0 aliphatic heterocycles. The van der Waals surface area contributed by atoms with E-state index in [4.69, 9.17) is 5.40 Å². The molecule has 0 aromatic heterocycles. The first kappa shape index (κ1) is 8.96. The molecule has 0 fully saturated rings. The van der Waals surface area contributed by atoms with Crippen LogP contribution in [0.2, 0.25) is 0 Å². The van der Waals surface area contributed by atoms with E-state index in [9.17, 15) is 0 Å². The molecule has 0 saturated heterocycles. The number of hydrogen-bond donors (Lipinski definition) is 0. The monoisotopic (exact) mass is 202 g/mol. The van der Waals surface area contributed by atoms with Crippen LogP contribution in [0.3, 0.4) is 0 Å². The Bertz CT molecular complexity index is 8.00. The van der Waals surface area contributed by atoms with Gasteiger partial charge in [0.25, 0.3) is 0 Å². The van der Waals surface area contributed by atoms with E-state index >= 15 is 0 Å². The van der Waals surface area contributed by atoms with E-state index in [-0.39, 0.29) is 39.8 Å². The molecule has 2 nitrogen and oxygen atoms in total. The summed E-state index contributed by atoms with van der Waals surface area (Å²) in [6, 6.07) is 0. The van der Waals surface area contributed by atoms with Crippen molar-refractivity contribution in [2.45, 2.75) is 0 Å². The predicted octanol–water partition coefficient (Wildman–Crippen LogP) is -1.15. The zero-order valence-electron chi connectivity index (χ0n) is 2.02. The van der Waals surface area contributed by atoms with Crippen molar-refractivity contribution in [3.05, 3.63) is 0 Å². The van der Waals surface area contributed by atoms with Gasteiger partial charge in [0.1, 0.15) is 0 Å². The molecular formula is H2CeO2Si. The first-order valence-corrected chi connectivity index (χ1v) is 2.35. The molecule has 0 aromatic rings. The Balaban J connectivity index is 0. The average molecular weight is 202 g/mol. The van der Waals surface area contributed by atoms with Crippen molar-refractivity contribution >= 4 is 10.1 Å². The van der Waals surface area contributed by atoms with Crippen LogP contribution in [-0.4, -0.2) is 10.1 Å². The maximum atomic E-state index is 8.39. The summed E-state index contributed by atoms with van der Waals surface area (Å²) in [5.41, 5.74) is 0. The van der Waals surface area contributed by atoms with Gasteiger partial charge in [0.05, 0.1) is 0 Å². The standard InChI is InChI=1S/Ce.H2OSi.O/c;1-2;/h;2H2;. The van der Waals surface area contributed by atoms with Crippen LogP contribution >= 0.6 is 0 Å². The first-order chi connectivity index (χ1) is 2.00. The van der Waals surface area contributed by atoms with Crippen LogP contribution in [0.5, 0.6) is 0 Å². The van der Waals surface area contributed by atoms with Crippen molar-refractivity contribution in [1.29, 1.82) is 0 Å². The van der Waals surface area contributed by atoms with Gasteiger partial charge in [-0.05, 0) is 0 Å². The summed E-state index contributed by atoms with van der Waals surface area (Å²) in [6.07, 6.45) is 0. The van der Waals surface area contributed by atoms with Crippen LogP contribution in [-0.2, 0) is 5.40 Å². The Kier molecular flexibility index (Phi) is 67.2. The molecule has 0 bridgehead atoms. The first-order valence-electron chi connectivity index (χ1n) is 0.493. The quantitative estimate of drug-likeness (QED) is 0.465. The molecule has 0 spiro atoms. The summed E-state index contributed by atoms with van der Waals surface area (Å²) in [6.45, 7) is 0. The molecule has 0 amide bonds. The van der Waals surface area contributed by atoms with Crippen LogP contribution < -0.4 is 0 Å². The Morgan fingerprint density at radius 1 is 1.25 bits per heavy atom. The third-order valence-electron chi connectivity index (χ3n) is 0. The van der Waals surface area contributed by atoms with Crippen molar-refractivity contribution in [1.82, 2.24) is 0 Å². The van der Waals surface area contributed by atoms with Gasteiger partial charge in [0.2, 0.25) is 10.1 Å². The molecule has 0 unspecified atom stereocenters. The van der Waals surface area contributed by atoms with Crippen LogP contribution in [0.15, 0.2) is 0 Å². The zero-order chi connectivity index (χ0) is 4.00. The number of rotatable bonds is 0. The summed E-state index contributed by atoms with van der Waals surface area (Å²) in [5.74, 6) is 0. The summed E-state index contributed by atoms with van der Waals surface area (Å²) >= 11 is 0.0556. The second-order valence-corrected chi connectivity index (χ2v) is 0. The van der Waals surface area contributed by atoms with Crippen molar-refractivity contribution in [2.75, 3.05) is 0 Å². The van der Waals surface area contributed by atoms with Gasteiger partial charge in [-0.1, -0.05) is 0 Å². The van der Waals surface area contributed by atoms with Crippen LogP contribution in [0, 0.1) is 39.8 Å². The fraction of sp³-hybridized carbons (Fsp3) is 0. The average Bonchev–Trinajstić information content (AvgIpc) is 1.50. The van der Waals surface area contributed by atoms with E-state index in [1.807, 2.05) is 0 Å². The van der Waals surface area contributed by atoms with Crippen molar-refractivity contribution in [2.24, 2.45) is 0 Å². The van der Waals surface area contributed by atoms with Gasteiger partial charge in [-0.2, -0.15) is 0 Å². The van der Waals surface area contributed by atoms with E-state index in [0.29, 0.717) is 10.1 Å². The van der Waals surface area contributed by atoms with E-state index in [1.54, 1.807) is 0 Å². The fourth-order valence-electron chi connectivity index (χ4n) is 0. The normalized spacial score (nSPS) is 1.75. The molecule has 0 heterocycles. The Hall–Kier alpha value is 1.19. The second kappa shape index (κ2) is 30.0. The molecule has 4 heavy (non-hydrogen) atoms. The Labute approximate surface area is 54.6 Å². The summed E-state index contributed by atoms with van der Waals surface area (Å²) in [5, 5.41) is 0. The van der Waals surface area contributed by atoms with Gasteiger partial charge in [-0.25, -0.2) is 0 Å². The van der Waals surface area contributed by atoms with Gasteiger partial charge < -0.3 is 4.46 Å². The minimum absolute atomic E-state index is 0.0556. The van der Waals surface area contributed by atoms with E-state index < -0.39 is 0 Å². The topological polar surface area (TPSA) is 34.1 Å². The van der Waals surface area contributed by atoms with Crippen LogP contribution in [0.1, 0.15) is 0 Å². The van der Waals surface area contributed by atoms with Gasteiger partial charge in [-0.15, -0.1) is 0 Å². The van der Waals surface area contributed by atoms with E-state index in [2.05, 4.69) is 0 Å². The van der Waals surface area contributed by atoms with Gasteiger partial charge in [0.15, 0.2) is 0 Å². The molecule has 0 aliphatic carbocycles. The summed E-state index contributed by atoms with van der Waals surface area (Å²) < 4.78 is 16.7. The van der Waals surface area contributed by atoms with Gasteiger partial charge >= 0.3 is 40.7 Å². The molecular weight excluding hydrogens is 200 g/mol. The Morgan fingerprint density at radius 2 is 1.25 bits per heavy atom. The van der Waals surface area contributed by atoms with Gasteiger partial charge in [0, 0.05) is 0 Å². The minimum atomic E-state index is 0.0556. The molecule has 0 rings (SSSR count). The zero-order valence-corrected chi connectivity index (χ0v) is 6.58. The van der Waals surface area contributed by atoms with E-state index in [0.717, 1.165) is 0 Å². The van der Waals surface area contributed by atoms with E-state index in [1.165, 1.54) is 0 Å². The predicted molar refractivity (Wildman–Crippen MR) is 9.92 cm³/mol.